The van der Waals surface area contributed by atoms with E-state index in [4.69, 9.17) is 4.74 Å². The van der Waals surface area contributed by atoms with Crippen molar-refractivity contribution < 1.29 is 9.13 Å². The number of fused-ring (bicyclic) bond motifs is 1. The molecule has 2 aromatic rings. The molecule has 4 heteroatoms. The molecular weight excluding hydrogens is 267 g/mol. The zero-order valence-corrected chi connectivity index (χ0v) is 12.1. The van der Waals surface area contributed by atoms with Crippen LogP contribution in [0.4, 0.5) is 15.8 Å². The summed E-state index contributed by atoms with van der Waals surface area (Å²) in [5.74, 6) is 0.332. The molecule has 21 heavy (non-hydrogen) atoms. The Hall–Kier alpha value is -2.23. The number of methoxy groups -OCH3 is 1. The molecule has 0 saturated heterocycles. The summed E-state index contributed by atoms with van der Waals surface area (Å²) < 4.78 is 19.2. The van der Waals surface area contributed by atoms with E-state index >= 15 is 0 Å². The summed E-state index contributed by atoms with van der Waals surface area (Å²) in [6, 6.07) is 13.2. The van der Waals surface area contributed by atoms with Crippen LogP contribution in [0.3, 0.4) is 0 Å². The number of benzene rings is 2. The molecule has 0 saturated carbocycles. The van der Waals surface area contributed by atoms with Gasteiger partial charge in [-0.15, -0.1) is 0 Å². The molecule has 2 aromatic carbocycles. The second-order valence-electron chi connectivity index (χ2n) is 5.18. The van der Waals surface area contributed by atoms with Gasteiger partial charge >= 0.3 is 0 Å². The molecule has 3 nitrogen and oxygen atoms in total. The molecule has 0 amide bonds. The third-order valence-corrected chi connectivity index (χ3v) is 3.79. The average molecular weight is 286 g/mol. The average Bonchev–Trinajstić information content (AvgIpc) is 2.72. The number of nitrogens with one attached hydrogen (secondary N) is 1. The van der Waals surface area contributed by atoms with Crippen LogP contribution in [0.5, 0.6) is 5.75 Å². The summed E-state index contributed by atoms with van der Waals surface area (Å²) in [5.41, 5.74) is 2.93. The molecule has 0 radical (unpaired) electrons. The highest BCUT2D eigenvalue weighted by atomic mass is 19.1. The van der Waals surface area contributed by atoms with E-state index in [-0.39, 0.29) is 5.82 Å². The fourth-order valence-corrected chi connectivity index (χ4v) is 2.67. The van der Waals surface area contributed by atoms with Gasteiger partial charge in [-0.2, -0.15) is 0 Å². The third-order valence-electron chi connectivity index (χ3n) is 3.79. The number of para-hydroxylation sites is 2. The molecule has 0 fully saturated rings. The van der Waals surface area contributed by atoms with Crippen LogP contribution < -0.4 is 15.0 Å². The van der Waals surface area contributed by atoms with E-state index in [9.17, 15) is 4.39 Å². The van der Waals surface area contributed by atoms with E-state index in [1.54, 1.807) is 19.2 Å². The first-order valence-corrected chi connectivity index (χ1v) is 7.18. The van der Waals surface area contributed by atoms with Crippen molar-refractivity contribution in [2.75, 3.05) is 30.4 Å². The largest absolute Gasteiger partial charge is 0.497 e. The van der Waals surface area contributed by atoms with Crippen LogP contribution in [0.2, 0.25) is 0 Å². The Balaban J connectivity index is 1.87. The second kappa shape index (κ2) is 6.04. The van der Waals surface area contributed by atoms with E-state index in [2.05, 4.69) is 22.3 Å². The summed E-state index contributed by atoms with van der Waals surface area (Å²) in [7, 11) is 1.55. The first-order valence-electron chi connectivity index (χ1n) is 7.18. The lowest BCUT2D eigenvalue weighted by Gasteiger charge is -2.24. The van der Waals surface area contributed by atoms with E-state index in [0.717, 1.165) is 30.9 Å². The summed E-state index contributed by atoms with van der Waals surface area (Å²) in [4.78, 5) is 2.22. The molecule has 0 atom stereocenters. The van der Waals surface area contributed by atoms with Gasteiger partial charge in [0.05, 0.1) is 18.5 Å². The Kier molecular flexibility index (Phi) is 3.95. The number of rotatable bonds is 3. The molecule has 1 aliphatic rings. The van der Waals surface area contributed by atoms with Gasteiger partial charge in [-0.25, -0.2) is 4.39 Å². The lowest BCUT2D eigenvalue weighted by atomic mass is 10.1. The molecule has 110 valence electrons. The van der Waals surface area contributed by atoms with E-state index in [1.165, 1.54) is 6.07 Å². The first-order chi connectivity index (χ1) is 10.3. The Labute approximate surface area is 124 Å². The number of anilines is 2. The standard InChI is InChI=1S/C17H19FN2O/c1-21-14-8-7-13(15(18)11-14)12-20-10-4-9-19-16-5-2-3-6-17(16)20/h2-3,5-8,11,19H,4,9-10,12H2,1H3. The van der Waals surface area contributed by atoms with Crippen molar-refractivity contribution in [1.29, 1.82) is 0 Å². The Morgan fingerprint density at radius 1 is 1.24 bits per heavy atom. The predicted molar refractivity (Wildman–Crippen MR) is 83.6 cm³/mol. The lowest BCUT2D eigenvalue weighted by Crippen LogP contribution is -2.23. The van der Waals surface area contributed by atoms with Crippen molar-refractivity contribution >= 4 is 11.4 Å². The number of halogens is 1. The molecule has 0 unspecified atom stereocenters. The molecule has 0 aromatic heterocycles. The lowest BCUT2D eigenvalue weighted by molar-refractivity contribution is 0.410. The van der Waals surface area contributed by atoms with Crippen molar-refractivity contribution in [3.05, 3.63) is 53.8 Å². The fraction of sp³-hybridized carbons (Fsp3) is 0.294. The summed E-state index contributed by atoms with van der Waals surface area (Å²) >= 11 is 0. The molecule has 1 N–H and O–H groups in total. The van der Waals surface area contributed by atoms with E-state index in [0.29, 0.717) is 17.9 Å². The van der Waals surface area contributed by atoms with Gasteiger partial charge in [0.1, 0.15) is 11.6 Å². The maximum Gasteiger partial charge on any atom is 0.131 e. The predicted octanol–water partition coefficient (Wildman–Crippen LogP) is 3.66. The summed E-state index contributed by atoms with van der Waals surface area (Å²) in [6.45, 7) is 2.42. The Morgan fingerprint density at radius 3 is 2.90 bits per heavy atom. The van der Waals surface area contributed by atoms with Crippen LogP contribution in [0.15, 0.2) is 42.5 Å². The van der Waals surface area contributed by atoms with Crippen LogP contribution >= 0.6 is 0 Å². The van der Waals surface area contributed by atoms with Crippen molar-refractivity contribution in [2.24, 2.45) is 0 Å². The highest BCUT2D eigenvalue weighted by Crippen LogP contribution is 2.30. The van der Waals surface area contributed by atoms with Gasteiger partial charge in [-0.3, -0.25) is 0 Å². The van der Waals surface area contributed by atoms with Crippen molar-refractivity contribution in [1.82, 2.24) is 0 Å². The number of ether oxygens (including phenoxy) is 1. The number of hydrogen-bond acceptors (Lipinski definition) is 3. The maximum atomic E-state index is 14.1. The summed E-state index contributed by atoms with van der Waals surface area (Å²) in [5, 5.41) is 3.42. The normalized spacial score (nSPS) is 14.1. The quantitative estimate of drug-likeness (QED) is 0.932. The third kappa shape index (κ3) is 2.94. The monoisotopic (exact) mass is 286 g/mol. The minimum atomic E-state index is -0.218. The minimum absolute atomic E-state index is 0.218. The molecular formula is C17H19FN2O. The van der Waals surface area contributed by atoms with Crippen LogP contribution in [-0.2, 0) is 6.54 Å². The molecule has 1 heterocycles. The minimum Gasteiger partial charge on any atom is -0.497 e. The topological polar surface area (TPSA) is 24.5 Å². The fourth-order valence-electron chi connectivity index (χ4n) is 2.67. The van der Waals surface area contributed by atoms with Crippen LogP contribution in [0, 0.1) is 5.82 Å². The maximum absolute atomic E-state index is 14.1. The van der Waals surface area contributed by atoms with Gasteiger partial charge in [0.15, 0.2) is 0 Å². The van der Waals surface area contributed by atoms with Crippen molar-refractivity contribution in [3.63, 3.8) is 0 Å². The Morgan fingerprint density at radius 2 is 2.10 bits per heavy atom. The van der Waals surface area contributed by atoms with E-state index < -0.39 is 0 Å². The van der Waals surface area contributed by atoms with Gasteiger partial charge in [0.2, 0.25) is 0 Å². The van der Waals surface area contributed by atoms with Crippen LogP contribution in [0.1, 0.15) is 12.0 Å². The van der Waals surface area contributed by atoms with Crippen molar-refractivity contribution in [2.45, 2.75) is 13.0 Å². The van der Waals surface area contributed by atoms with Crippen LogP contribution in [0.25, 0.3) is 0 Å². The SMILES string of the molecule is COc1ccc(CN2CCCNc3ccccc32)c(F)c1. The van der Waals surface area contributed by atoms with Gasteiger partial charge < -0.3 is 15.0 Å². The molecule has 0 spiro atoms. The van der Waals surface area contributed by atoms with Gasteiger partial charge in [0.25, 0.3) is 0 Å². The van der Waals surface area contributed by atoms with Gasteiger partial charge in [0, 0.05) is 31.3 Å². The molecule has 1 aliphatic heterocycles. The van der Waals surface area contributed by atoms with Gasteiger partial charge in [-0.1, -0.05) is 18.2 Å². The molecule has 0 bridgehead atoms. The summed E-state index contributed by atoms with van der Waals surface area (Å²) in [6.07, 6.45) is 1.03. The van der Waals surface area contributed by atoms with Crippen molar-refractivity contribution in [3.8, 4) is 5.75 Å². The molecule has 0 aliphatic carbocycles. The second-order valence-corrected chi connectivity index (χ2v) is 5.18. The number of hydrogen-bond donors (Lipinski definition) is 1. The van der Waals surface area contributed by atoms with Gasteiger partial charge in [-0.05, 0) is 24.6 Å². The Bertz CT molecular complexity index is 630. The highest BCUT2D eigenvalue weighted by molar-refractivity contribution is 5.70. The molecule has 3 rings (SSSR count). The van der Waals surface area contributed by atoms with E-state index in [1.807, 2.05) is 12.1 Å². The first kappa shape index (κ1) is 13.7. The highest BCUT2D eigenvalue weighted by Gasteiger charge is 2.16. The zero-order chi connectivity index (χ0) is 14.7. The van der Waals surface area contributed by atoms with Crippen LogP contribution in [-0.4, -0.2) is 20.2 Å². The smallest absolute Gasteiger partial charge is 0.131 e. The number of nitrogens with zero attached hydrogens (tertiary/aromatic N) is 1. The zero-order valence-electron chi connectivity index (χ0n) is 12.1.